The van der Waals surface area contributed by atoms with Crippen molar-refractivity contribution in [3.8, 4) is 0 Å². The molecule has 3 aliphatic rings. The molecule has 6 rings (SSSR count). The third-order valence-corrected chi connectivity index (χ3v) is 7.05. The van der Waals surface area contributed by atoms with Crippen LogP contribution in [0.3, 0.4) is 0 Å². The number of nitrogens with two attached hydrogens (primary N) is 2. The second-order valence-corrected chi connectivity index (χ2v) is 9.51. The van der Waals surface area contributed by atoms with Crippen LogP contribution in [0.4, 0.5) is 34.6 Å². The van der Waals surface area contributed by atoms with Gasteiger partial charge >= 0.3 is 0 Å². The lowest BCUT2D eigenvalue weighted by molar-refractivity contribution is 0.419. The third-order valence-electron chi connectivity index (χ3n) is 6.66. The molecule has 2 aliphatic heterocycles. The van der Waals surface area contributed by atoms with Crippen molar-refractivity contribution in [2.45, 2.75) is 43.7 Å². The van der Waals surface area contributed by atoms with Gasteiger partial charge in [0.05, 0.1) is 22.6 Å². The lowest BCUT2D eigenvalue weighted by atomic mass is 9.97. The first-order valence-electron chi connectivity index (χ1n) is 11.1. The maximum absolute atomic E-state index is 6.87. The number of nitrogens with zero attached hydrogens (tertiary/aromatic N) is 5. The zero-order chi connectivity index (χ0) is 21.9. The number of aromatic nitrogens is 4. The third kappa shape index (κ3) is 3.43. The highest BCUT2D eigenvalue weighted by Gasteiger charge is 2.40. The Hall–Kier alpha value is -2.98. The summed E-state index contributed by atoms with van der Waals surface area (Å²) in [7, 11) is 0. The van der Waals surface area contributed by atoms with Gasteiger partial charge < -0.3 is 32.3 Å². The van der Waals surface area contributed by atoms with E-state index in [9.17, 15) is 0 Å². The average molecular weight is 455 g/mol. The van der Waals surface area contributed by atoms with Gasteiger partial charge in [-0.05, 0) is 50.8 Å². The van der Waals surface area contributed by atoms with E-state index in [0.29, 0.717) is 45.7 Å². The molecule has 11 heteroatoms. The number of imidazole rings is 1. The van der Waals surface area contributed by atoms with Gasteiger partial charge in [0.2, 0.25) is 5.95 Å². The van der Waals surface area contributed by atoms with Crippen LogP contribution >= 0.6 is 11.6 Å². The van der Waals surface area contributed by atoms with Crippen LogP contribution in [0, 0.1) is 0 Å². The minimum atomic E-state index is 0.192. The predicted octanol–water partition coefficient (Wildman–Crippen LogP) is 2.59. The maximum Gasteiger partial charge on any atom is 0.247 e. The van der Waals surface area contributed by atoms with Crippen LogP contribution in [-0.2, 0) is 0 Å². The van der Waals surface area contributed by atoms with Gasteiger partial charge in [-0.3, -0.25) is 0 Å². The highest BCUT2D eigenvalue weighted by molar-refractivity contribution is 6.36. The number of hydrogen-bond acceptors (Lipinski definition) is 9. The average Bonchev–Trinajstić information content (AvgIpc) is 3.15. The second-order valence-electron chi connectivity index (χ2n) is 9.13. The van der Waals surface area contributed by atoms with Crippen LogP contribution < -0.4 is 32.3 Å². The standard InChI is InChI=1S/C21H27ClN10/c22-17-14(8-12(23)9-15(17)31-7-5-21(11-31)4-1-6-26-21)28-20-29-18(27-13-2-3-13)19-25-10-16(24)32(19)30-20/h8-10,13,26H,1-7,11,23-24H2,(H2,27,28,29,30). The smallest absolute Gasteiger partial charge is 0.247 e. The van der Waals surface area contributed by atoms with Crippen molar-refractivity contribution >= 4 is 51.9 Å². The van der Waals surface area contributed by atoms with Gasteiger partial charge in [0.25, 0.3) is 0 Å². The molecule has 0 amide bonds. The summed E-state index contributed by atoms with van der Waals surface area (Å²) in [6, 6.07) is 4.16. The molecule has 2 aromatic heterocycles. The minimum absolute atomic E-state index is 0.192. The first-order chi connectivity index (χ1) is 15.5. The minimum Gasteiger partial charge on any atom is -0.399 e. The summed E-state index contributed by atoms with van der Waals surface area (Å²) >= 11 is 6.87. The summed E-state index contributed by atoms with van der Waals surface area (Å²) in [6.07, 6.45) is 7.34. The van der Waals surface area contributed by atoms with Crippen molar-refractivity contribution in [2.24, 2.45) is 0 Å². The summed E-state index contributed by atoms with van der Waals surface area (Å²) in [6.45, 7) is 2.96. The van der Waals surface area contributed by atoms with Gasteiger partial charge in [-0.2, -0.15) is 9.50 Å². The van der Waals surface area contributed by atoms with Crippen molar-refractivity contribution in [3.63, 3.8) is 0 Å². The van der Waals surface area contributed by atoms with E-state index in [1.807, 2.05) is 12.1 Å². The van der Waals surface area contributed by atoms with Crippen LogP contribution in [-0.4, -0.2) is 50.8 Å². The van der Waals surface area contributed by atoms with Crippen LogP contribution in [0.15, 0.2) is 18.3 Å². The Bertz CT molecular complexity index is 1180. The van der Waals surface area contributed by atoms with Crippen molar-refractivity contribution in [1.29, 1.82) is 0 Å². The van der Waals surface area contributed by atoms with E-state index < -0.39 is 0 Å². The summed E-state index contributed by atoms with van der Waals surface area (Å²) in [4.78, 5) is 11.3. The van der Waals surface area contributed by atoms with Gasteiger partial charge in [0, 0.05) is 30.4 Å². The fourth-order valence-corrected chi connectivity index (χ4v) is 5.11. The van der Waals surface area contributed by atoms with Gasteiger partial charge in [-0.15, -0.1) is 5.10 Å². The van der Waals surface area contributed by atoms with E-state index >= 15 is 0 Å². The molecule has 1 aromatic carbocycles. The molecular formula is C21H27ClN10. The Labute approximate surface area is 190 Å². The summed E-state index contributed by atoms with van der Waals surface area (Å²) in [5.41, 5.74) is 15.4. The van der Waals surface area contributed by atoms with E-state index in [0.717, 1.165) is 44.6 Å². The predicted molar refractivity (Wildman–Crippen MR) is 128 cm³/mol. The number of nitrogen functional groups attached to an aromatic ring is 2. The molecule has 1 saturated carbocycles. The second kappa shape index (κ2) is 7.28. The van der Waals surface area contributed by atoms with Gasteiger partial charge in [0.1, 0.15) is 5.82 Å². The Morgan fingerprint density at radius 1 is 1.22 bits per heavy atom. The number of rotatable bonds is 5. The Balaban J connectivity index is 1.33. The first-order valence-corrected chi connectivity index (χ1v) is 11.5. The molecule has 168 valence electrons. The van der Waals surface area contributed by atoms with E-state index in [1.54, 1.807) is 10.7 Å². The zero-order valence-corrected chi connectivity index (χ0v) is 18.5. The van der Waals surface area contributed by atoms with E-state index in [4.69, 9.17) is 23.1 Å². The molecule has 32 heavy (non-hydrogen) atoms. The molecule has 1 spiro atoms. The molecule has 0 radical (unpaired) electrons. The Morgan fingerprint density at radius 3 is 2.88 bits per heavy atom. The molecule has 0 bridgehead atoms. The number of halogens is 1. The van der Waals surface area contributed by atoms with Gasteiger partial charge in [-0.25, -0.2) is 4.98 Å². The topological polar surface area (TPSA) is 134 Å². The molecule has 2 saturated heterocycles. The maximum atomic E-state index is 6.87. The Kier molecular flexibility index (Phi) is 4.48. The van der Waals surface area contributed by atoms with E-state index in [2.05, 4.69) is 35.9 Å². The molecule has 1 atom stereocenters. The van der Waals surface area contributed by atoms with Crippen LogP contribution in [0.2, 0.25) is 5.02 Å². The largest absolute Gasteiger partial charge is 0.399 e. The van der Waals surface area contributed by atoms with Crippen molar-refractivity contribution in [3.05, 3.63) is 23.4 Å². The van der Waals surface area contributed by atoms with Crippen molar-refractivity contribution in [2.75, 3.05) is 46.6 Å². The lowest BCUT2D eigenvalue weighted by Crippen LogP contribution is -2.42. The van der Waals surface area contributed by atoms with E-state index in [-0.39, 0.29) is 5.54 Å². The molecule has 4 heterocycles. The molecule has 3 fully saturated rings. The Morgan fingerprint density at radius 2 is 2.09 bits per heavy atom. The molecular weight excluding hydrogens is 428 g/mol. The van der Waals surface area contributed by atoms with Crippen LogP contribution in [0.25, 0.3) is 5.65 Å². The fourth-order valence-electron chi connectivity index (χ4n) is 4.84. The van der Waals surface area contributed by atoms with Crippen LogP contribution in [0.5, 0.6) is 0 Å². The number of benzene rings is 1. The summed E-state index contributed by atoms with van der Waals surface area (Å²) in [5, 5.41) is 15.5. The molecule has 3 aromatic rings. The SMILES string of the molecule is Nc1cc(Nc2nc(NC3CC3)c3ncc(N)n3n2)c(Cl)c(N2CCC3(CCCN3)C2)c1. The van der Waals surface area contributed by atoms with Gasteiger partial charge in [0.15, 0.2) is 11.5 Å². The summed E-state index contributed by atoms with van der Waals surface area (Å²) in [5.74, 6) is 1.46. The first kappa shape index (κ1) is 19.7. The fraction of sp³-hybridized carbons (Fsp3) is 0.476. The lowest BCUT2D eigenvalue weighted by Gasteiger charge is -2.26. The highest BCUT2D eigenvalue weighted by Crippen LogP contribution is 2.41. The highest BCUT2D eigenvalue weighted by atomic mass is 35.5. The molecule has 1 unspecified atom stereocenters. The number of fused-ring (bicyclic) bond motifs is 1. The number of nitrogens with one attached hydrogen (secondary N) is 3. The molecule has 1 aliphatic carbocycles. The number of hydrogen-bond donors (Lipinski definition) is 5. The van der Waals surface area contributed by atoms with Crippen molar-refractivity contribution < 1.29 is 0 Å². The van der Waals surface area contributed by atoms with Crippen LogP contribution in [0.1, 0.15) is 32.1 Å². The van der Waals surface area contributed by atoms with Crippen molar-refractivity contribution in [1.82, 2.24) is 24.9 Å². The zero-order valence-electron chi connectivity index (χ0n) is 17.7. The normalized spacial score (nSPS) is 22.8. The summed E-state index contributed by atoms with van der Waals surface area (Å²) < 4.78 is 1.58. The van der Waals surface area contributed by atoms with E-state index in [1.165, 1.54) is 12.8 Å². The van der Waals surface area contributed by atoms with Gasteiger partial charge in [-0.1, -0.05) is 11.6 Å². The monoisotopic (exact) mass is 454 g/mol. The number of anilines is 6. The molecule has 7 N–H and O–H groups in total. The molecule has 10 nitrogen and oxygen atoms in total. The quantitative estimate of drug-likeness (QED) is 0.368.